The van der Waals surface area contributed by atoms with Crippen LogP contribution in [0.5, 0.6) is 5.75 Å². The molecule has 5 heteroatoms. The maximum absolute atomic E-state index is 12.7. The summed E-state index contributed by atoms with van der Waals surface area (Å²) in [5, 5.41) is 0.784. The fraction of sp³-hybridized carbons (Fsp3) is 0.250. The minimum Gasteiger partial charge on any atom is -0.457 e. The molecule has 0 saturated carbocycles. The van der Waals surface area contributed by atoms with Crippen LogP contribution in [0.1, 0.15) is 37.8 Å². The monoisotopic (exact) mass is 392 g/mol. The van der Waals surface area contributed by atoms with Crippen LogP contribution in [0.3, 0.4) is 0 Å². The lowest BCUT2D eigenvalue weighted by molar-refractivity contribution is -0.144. The quantitative estimate of drug-likeness (QED) is 0.239. The lowest BCUT2D eigenvalue weighted by Gasteiger charge is -2.13. The first-order chi connectivity index (χ1) is 13.9. The highest BCUT2D eigenvalue weighted by molar-refractivity contribution is 5.83. The van der Waals surface area contributed by atoms with E-state index in [-0.39, 0.29) is 6.79 Å². The summed E-state index contributed by atoms with van der Waals surface area (Å²) in [5.74, 6) is 0.223. The second-order valence-corrected chi connectivity index (χ2v) is 7.00. The number of carbonyl (C=O) groups excluding carboxylic acids is 1. The molecule has 0 aliphatic heterocycles. The second-order valence-electron chi connectivity index (χ2n) is 7.00. The Bertz CT molecular complexity index is 1110. The number of hydrogen-bond donors (Lipinski definition) is 0. The number of aryl methyl sites for hydroxylation is 1. The Kier molecular flexibility index (Phi) is 6.17. The predicted octanol–water partition coefficient (Wildman–Crippen LogP) is 5.21. The molecule has 0 fully saturated rings. The Hall–Kier alpha value is -3.34. The average Bonchev–Trinajstić information content (AvgIpc) is 2.72. The summed E-state index contributed by atoms with van der Waals surface area (Å²) in [7, 11) is 0. The van der Waals surface area contributed by atoms with Crippen LogP contribution < -0.4 is 10.4 Å². The first kappa shape index (κ1) is 20.4. The van der Waals surface area contributed by atoms with E-state index in [1.165, 1.54) is 5.56 Å². The number of fused-ring (bicyclic) bond motifs is 1. The van der Waals surface area contributed by atoms with Gasteiger partial charge in [-0.15, -0.1) is 0 Å². The Morgan fingerprint density at radius 1 is 1.14 bits per heavy atom. The van der Waals surface area contributed by atoms with Gasteiger partial charge < -0.3 is 13.9 Å². The molecular weight excluding hydrogens is 368 g/mol. The van der Waals surface area contributed by atoms with Crippen molar-refractivity contribution in [1.29, 1.82) is 0 Å². The maximum Gasteiger partial charge on any atom is 0.344 e. The molecule has 3 rings (SSSR count). The van der Waals surface area contributed by atoms with Crippen molar-refractivity contribution in [1.82, 2.24) is 0 Å². The van der Waals surface area contributed by atoms with Gasteiger partial charge in [0.25, 0.3) is 0 Å². The minimum atomic E-state index is -0.572. The molecular formula is C24H24O5. The molecule has 150 valence electrons. The zero-order valence-electron chi connectivity index (χ0n) is 16.9. The summed E-state index contributed by atoms with van der Waals surface area (Å²) in [4.78, 5) is 23.8. The summed E-state index contributed by atoms with van der Waals surface area (Å²) in [5.41, 5.74) is 3.74. The lowest BCUT2D eigenvalue weighted by atomic mass is 9.92. The standard InChI is InChI=1S/C24H24O5/c1-5-16-7-8-17(15(3)4)11-20(16)21-12-18-9-10-19(13-22(18)29-24(21)26)27-14-28-23(25)6-2/h6-13,15H,2,5,14H2,1,3-4H3. The van der Waals surface area contributed by atoms with Gasteiger partial charge in [0.1, 0.15) is 11.3 Å². The molecule has 5 nitrogen and oxygen atoms in total. The molecule has 0 aliphatic rings. The molecule has 29 heavy (non-hydrogen) atoms. The zero-order valence-corrected chi connectivity index (χ0v) is 16.9. The largest absolute Gasteiger partial charge is 0.457 e. The van der Waals surface area contributed by atoms with Crippen LogP contribution in [-0.4, -0.2) is 12.8 Å². The van der Waals surface area contributed by atoms with E-state index in [9.17, 15) is 9.59 Å². The third-order valence-electron chi connectivity index (χ3n) is 4.77. The summed E-state index contributed by atoms with van der Waals surface area (Å²) in [6.07, 6.45) is 1.88. The molecule has 0 aliphatic carbocycles. The molecule has 1 heterocycles. The van der Waals surface area contributed by atoms with Gasteiger partial charge in [-0.1, -0.05) is 45.5 Å². The van der Waals surface area contributed by atoms with Gasteiger partial charge >= 0.3 is 11.6 Å². The fourth-order valence-electron chi connectivity index (χ4n) is 3.10. The van der Waals surface area contributed by atoms with Crippen LogP contribution in [0, 0.1) is 0 Å². The van der Waals surface area contributed by atoms with Crippen LogP contribution in [0.4, 0.5) is 0 Å². The summed E-state index contributed by atoms with van der Waals surface area (Å²) >= 11 is 0. The summed E-state index contributed by atoms with van der Waals surface area (Å²) in [6.45, 7) is 9.39. The molecule has 0 N–H and O–H groups in total. The Morgan fingerprint density at radius 3 is 2.62 bits per heavy atom. The van der Waals surface area contributed by atoms with Crippen LogP contribution in [0.25, 0.3) is 22.1 Å². The van der Waals surface area contributed by atoms with Gasteiger partial charge in [0, 0.05) is 17.5 Å². The minimum absolute atomic E-state index is 0.249. The van der Waals surface area contributed by atoms with Crippen molar-refractivity contribution in [3.05, 3.63) is 76.7 Å². The zero-order chi connectivity index (χ0) is 21.0. The van der Waals surface area contributed by atoms with Crippen LogP contribution in [0.2, 0.25) is 0 Å². The van der Waals surface area contributed by atoms with Gasteiger partial charge in [-0.2, -0.15) is 0 Å². The third-order valence-corrected chi connectivity index (χ3v) is 4.77. The van der Waals surface area contributed by atoms with Crippen molar-refractivity contribution in [2.75, 3.05) is 6.79 Å². The average molecular weight is 392 g/mol. The van der Waals surface area contributed by atoms with E-state index in [0.717, 1.165) is 29.0 Å². The molecule has 2 aromatic carbocycles. The first-order valence-corrected chi connectivity index (χ1v) is 9.56. The summed E-state index contributed by atoms with van der Waals surface area (Å²) in [6, 6.07) is 13.3. The van der Waals surface area contributed by atoms with Gasteiger partial charge in [0.05, 0.1) is 5.56 Å². The van der Waals surface area contributed by atoms with Crippen molar-refractivity contribution in [3.8, 4) is 16.9 Å². The third kappa shape index (κ3) is 4.57. The van der Waals surface area contributed by atoms with Crippen molar-refractivity contribution in [3.63, 3.8) is 0 Å². The highest BCUT2D eigenvalue weighted by Crippen LogP contribution is 2.29. The molecule has 0 atom stereocenters. The Morgan fingerprint density at radius 2 is 1.93 bits per heavy atom. The van der Waals surface area contributed by atoms with E-state index in [4.69, 9.17) is 13.9 Å². The summed E-state index contributed by atoms with van der Waals surface area (Å²) < 4.78 is 15.7. The number of benzene rings is 2. The molecule has 0 unspecified atom stereocenters. The topological polar surface area (TPSA) is 65.7 Å². The van der Waals surface area contributed by atoms with Crippen molar-refractivity contribution in [2.24, 2.45) is 0 Å². The van der Waals surface area contributed by atoms with Gasteiger partial charge in [-0.3, -0.25) is 0 Å². The van der Waals surface area contributed by atoms with Gasteiger partial charge in [0.15, 0.2) is 0 Å². The lowest BCUT2D eigenvalue weighted by Crippen LogP contribution is -2.08. The number of carbonyl (C=O) groups is 1. The normalized spacial score (nSPS) is 10.9. The smallest absolute Gasteiger partial charge is 0.344 e. The van der Waals surface area contributed by atoms with Gasteiger partial charge in [0.2, 0.25) is 6.79 Å². The number of rotatable bonds is 7. The number of esters is 1. The molecule has 0 saturated heterocycles. The van der Waals surface area contributed by atoms with Crippen molar-refractivity contribution in [2.45, 2.75) is 33.1 Å². The second kappa shape index (κ2) is 8.78. The van der Waals surface area contributed by atoms with Crippen LogP contribution >= 0.6 is 0 Å². The van der Waals surface area contributed by atoms with E-state index < -0.39 is 11.6 Å². The first-order valence-electron chi connectivity index (χ1n) is 9.56. The van der Waals surface area contributed by atoms with Crippen molar-refractivity contribution >= 4 is 16.9 Å². The number of hydrogen-bond acceptors (Lipinski definition) is 5. The van der Waals surface area contributed by atoms with Gasteiger partial charge in [-0.25, -0.2) is 9.59 Å². The van der Waals surface area contributed by atoms with Gasteiger partial charge in [-0.05, 0) is 47.2 Å². The molecule has 0 radical (unpaired) electrons. The highest BCUT2D eigenvalue weighted by atomic mass is 16.7. The molecule has 0 bridgehead atoms. The molecule has 3 aromatic rings. The van der Waals surface area contributed by atoms with Crippen LogP contribution in [0.15, 0.2) is 64.3 Å². The highest BCUT2D eigenvalue weighted by Gasteiger charge is 2.14. The van der Waals surface area contributed by atoms with E-state index in [2.05, 4.69) is 45.5 Å². The number of ether oxygens (including phenoxy) is 2. The molecule has 0 amide bonds. The SMILES string of the molecule is C=CC(=O)OCOc1ccc2cc(-c3cc(C(C)C)ccc3CC)c(=O)oc2c1. The molecule has 0 spiro atoms. The van der Waals surface area contributed by atoms with E-state index >= 15 is 0 Å². The van der Waals surface area contributed by atoms with Crippen molar-refractivity contribution < 1.29 is 18.7 Å². The van der Waals surface area contributed by atoms with Crippen LogP contribution in [-0.2, 0) is 16.0 Å². The Labute approximate surface area is 169 Å². The maximum atomic E-state index is 12.7. The van der Waals surface area contributed by atoms with E-state index in [1.807, 2.05) is 12.1 Å². The fourth-order valence-corrected chi connectivity index (χ4v) is 3.10. The van der Waals surface area contributed by atoms with E-state index in [1.54, 1.807) is 12.1 Å². The Balaban J connectivity index is 1.97. The van der Waals surface area contributed by atoms with E-state index in [0.29, 0.717) is 22.8 Å². The predicted molar refractivity (Wildman–Crippen MR) is 113 cm³/mol. The molecule has 1 aromatic heterocycles.